The number of sulfonamides is 1. The van der Waals surface area contributed by atoms with Crippen molar-refractivity contribution in [2.75, 3.05) is 4.72 Å². The summed E-state index contributed by atoms with van der Waals surface area (Å²) in [6.07, 6.45) is 2.74. The second kappa shape index (κ2) is 8.67. The average Bonchev–Trinajstić information content (AvgIpc) is 2.74. The number of nitro groups is 1. The van der Waals surface area contributed by atoms with Crippen LogP contribution >= 0.6 is 0 Å². The maximum absolute atomic E-state index is 12.4. The average molecular weight is 440 g/mol. The summed E-state index contributed by atoms with van der Waals surface area (Å²) >= 11 is 0. The van der Waals surface area contributed by atoms with Crippen LogP contribution in [0.2, 0.25) is 0 Å². The van der Waals surface area contributed by atoms with E-state index in [9.17, 15) is 33.5 Å². The van der Waals surface area contributed by atoms with E-state index in [-0.39, 0.29) is 33.6 Å². The van der Waals surface area contributed by atoms with E-state index in [4.69, 9.17) is 0 Å². The molecule has 0 heterocycles. The molecule has 3 aromatic carbocycles. The van der Waals surface area contributed by atoms with Crippen molar-refractivity contribution >= 4 is 33.3 Å². The van der Waals surface area contributed by atoms with Crippen LogP contribution in [0.3, 0.4) is 0 Å². The smallest absolute Gasteiger partial charge is 0.269 e. The number of anilines is 1. The Morgan fingerprint density at radius 2 is 1.58 bits per heavy atom. The number of nitrogens with one attached hydrogen (secondary N) is 1. The van der Waals surface area contributed by atoms with Gasteiger partial charge in [-0.3, -0.25) is 19.6 Å². The van der Waals surface area contributed by atoms with Crippen LogP contribution in [-0.4, -0.2) is 29.3 Å². The molecule has 0 aromatic heterocycles. The number of hydrogen-bond donors (Lipinski definition) is 3. The van der Waals surface area contributed by atoms with Gasteiger partial charge < -0.3 is 10.2 Å². The standard InChI is InChI=1S/C21H16N2O7S/c24-19(11-1-14-2-12-20(25)21(26)13-14)15-3-5-16(6-4-15)22-31(29,30)18-9-7-17(8-10-18)23(27)28/h1-13,22,25-26H/b11-1+. The van der Waals surface area contributed by atoms with Crippen molar-refractivity contribution in [2.24, 2.45) is 0 Å². The molecule has 10 heteroatoms. The first-order valence-corrected chi connectivity index (χ1v) is 10.3. The Kier molecular flexibility index (Phi) is 6.02. The third kappa shape index (κ3) is 5.25. The largest absolute Gasteiger partial charge is 0.504 e. The van der Waals surface area contributed by atoms with E-state index >= 15 is 0 Å². The predicted octanol–water partition coefficient (Wildman–Crippen LogP) is 3.70. The van der Waals surface area contributed by atoms with Gasteiger partial charge in [-0.2, -0.15) is 0 Å². The lowest BCUT2D eigenvalue weighted by molar-refractivity contribution is -0.384. The van der Waals surface area contributed by atoms with Gasteiger partial charge in [-0.1, -0.05) is 12.1 Å². The first kappa shape index (κ1) is 21.5. The van der Waals surface area contributed by atoms with Gasteiger partial charge in [0.25, 0.3) is 15.7 Å². The molecule has 3 N–H and O–H groups in total. The summed E-state index contributed by atoms with van der Waals surface area (Å²) in [6.45, 7) is 0. The van der Waals surface area contributed by atoms with Crippen molar-refractivity contribution in [3.63, 3.8) is 0 Å². The number of aromatic hydroxyl groups is 2. The molecule has 0 spiro atoms. The molecule has 31 heavy (non-hydrogen) atoms. The number of ketones is 1. The molecule has 158 valence electrons. The highest BCUT2D eigenvalue weighted by atomic mass is 32.2. The third-order valence-electron chi connectivity index (χ3n) is 4.21. The number of phenols is 2. The second-order valence-electron chi connectivity index (χ2n) is 6.38. The summed E-state index contributed by atoms with van der Waals surface area (Å²) in [5.74, 6) is -0.924. The van der Waals surface area contributed by atoms with E-state index in [0.29, 0.717) is 11.1 Å². The zero-order chi connectivity index (χ0) is 22.6. The predicted molar refractivity (Wildman–Crippen MR) is 113 cm³/mol. The molecule has 0 atom stereocenters. The number of benzene rings is 3. The van der Waals surface area contributed by atoms with Gasteiger partial charge in [0.2, 0.25) is 0 Å². The molecular formula is C21H16N2O7S. The topological polar surface area (TPSA) is 147 Å². The molecule has 3 rings (SSSR count). The lowest BCUT2D eigenvalue weighted by Gasteiger charge is -2.08. The quantitative estimate of drug-likeness (QED) is 0.167. The van der Waals surface area contributed by atoms with Crippen LogP contribution in [0.15, 0.2) is 77.7 Å². The number of non-ortho nitro benzene ring substituents is 1. The molecule has 0 radical (unpaired) electrons. The maximum Gasteiger partial charge on any atom is 0.269 e. The molecule has 0 unspecified atom stereocenters. The van der Waals surface area contributed by atoms with Crippen LogP contribution in [0.25, 0.3) is 6.08 Å². The monoisotopic (exact) mass is 440 g/mol. The van der Waals surface area contributed by atoms with Crippen molar-refractivity contribution < 1.29 is 28.3 Å². The van der Waals surface area contributed by atoms with Gasteiger partial charge in [0.1, 0.15) is 0 Å². The minimum atomic E-state index is -3.96. The maximum atomic E-state index is 12.4. The Hall–Kier alpha value is -4.18. The highest BCUT2D eigenvalue weighted by molar-refractivity contribution is 7.92. The Morgan fingerprint density at radius 3 is 2.16 bits per heavy atom. The fourth-order valence-corrected chi connectivity index (χ4v) is 3.63. The number of allylic oxidation sites excluding steroid dienone is 1. The molecule has 0 saturated heterocycles. The molecule has 0 aliphatic rings. The fraction of sp³-hybridized carbons (Fsp3) is 0. The van der Waals surface area contributed by atoms with Gasteiger partial charge >= 0.3 is 0 Å². The minimum Gasteiger partial charge on any atom is -0.504 e. The van der Waals surface area contributed by atoms with Crippen molar-refractivity contribution in [2.45, 2.75) is 4.90 Å². The number of phenolic OH excluding ortho intramolecular Hbond substituents is 2. The number of rotatable bonds is 7. The Bertz CT molecular complexity index is 1270. The molecule has 0 bridgehead atoms. The Morgan fingerprint density at radius 1 is 0.935 bits per heavy atom. The van der Waals surface area contributed by atoms with Crippen molar-refractivity contribution in [1.82, 2.24) is 0 Å². The van der Waals surface area contributed by atoms with Crippen LogP contribution in [0, 0.1) is 10.1 Å². The van der Waals surface area contributed by atoms with Crippen LogP contribution in [-0.2, 0) is 10.0 Å². The number of hydrogen-bond acceptors (Lipinski definition) is 7. The first-order valence-electron chi connectivity index (χ1n) is 8.77. The van der Waals surface area contributed by atoms with E-state index in [1.165, 1.54) is 54.6 Å². The normalized spacial score (nSPS) is 11.4. The number of carbonyl (C=O) groups excluding carboxylic acids is 1. The SMILES string of the molecule is O=C(/C=C/c1ccc(O)c(O)c1)c1ccc(NS(=O)(=O)c2ccc([N+](=O)[O-])cc2)cc1. The number of nitrogens with zero attached hydrogens (tertiary/aromatic N) is 1. The van der Waals surface area contributed by atoms with Gasteiger partial charge in [0, 0.05) is 23.4 Å². The van der Waals surface area contributed by atoms with Crippen LogP contribution in [0.5, 0.6) is 11.5 Å². The summed E-state index contributed by atoms with van der Waals surface area (Å²) in [7, 11) is -3.96. The van der Waals surface area contributed by atoms with E-state index < -0.39 is 14.9 Å². The van der Waals surface area contributed by atoms with Crippen molar-refractivity contribution in [1.29, 1.82) is 0 Å². The van der Waals surface area contributed by atoms with Gasteiger partial charge in [-0.15, -0.1) is 0 Å². The molecule has 0 aliphatic carbocycles. The first-order chi connectivity index (χ1) is 14.7. The summed E-state index contributed by atoms with van der Waals surface area (Å²) in [5.41, 5.74) is 0.799. The fourth-order valence-electron chi connectivity index (χ4n) is 2.58. The lowest BCUT2D eigenvalue weighted by Crippen LogP contribution is -2.13. The van der Waals surface area contributed by atoms with Gasteiger partial charge in [-0.25, -0.2) is 8.42 Å². The molecule has 9 nitrogen and oxygen atoms in total. The zero-order valence-corrected chi connectivity index (χ0v) is 16.6. The molecular weight excluding hydrogens is 424 g/mol. The molecule has 0 aliphatic heterocycles. The molecule has 0 fully saturated rings. The van der Waals surface area contributed by atoms with E-state index in [0.717, 1.165) is 24.3 Å². The van der Waals surface area contributed by atoms with Crippen molar-refractivity contribution in [3.8, 4) is 11.5 Å². The Balaban J connectivity index is 1.70. The Labute approximate surface area is 177 Å². The zero-order valence-electron chi connectivity index (χ0n) is 15.8. The summed E-state index contributed by atoms with van der Waals surface area (Å²) in [5, 5.41) is 29.4. The lowest BCUT2D eigenvalue weighted by atomic mass is 10.1. The molecule has 3 aromatic rings. The summed E-state index contributed by atoms with van der Waals surface area (Å²) in [6, 6.07) is 14.3. The minimum absolute atomic E-state index is 0.140. The van der Waals surface area contributed by atoms with E-state index in [1.54, 1.807) is 0 Å². The van der Waals surface area contributed by atoms with Gasteiger partial charge in [0.05, 0.1) is 9.82 Å². The molecule has 0 saturated carbocycles. The number of nitro benzene ring substituents is 1. The number of carbonyl (C=O) groups is 1. The highest BCUT2D eigenvalue weighted by Gasteiger charge is 2.16. The van der Waals surface area contributed by atoms with Crippen LogP contribution in [0.4, 0.5) is 11.4 Å². The van der Waals surface area contributed by atoms with E-state index in [2.05, 4.69) is 4.72 Å². The van der Waals surface area contributed by atoms with Gasteiger partial charge in [0.15, 0.2) is 17.3 Å². The molecule has 0 amide bonds. The second-order valence-corrected chi connectivity index (χ2v) is 8.06. The van der Waals surface area contributed by atoms with E-state index in [1.807, 2.05) is 0 Å². The van der Waals surface area contributed by atoms with Crippen molar-refractivity contribution in [3.05, 3.63) is 94.0 Å². The summed E-state index contributed by atoms with van der Waals surface area (Å²) < 4.78 is 27.2. The van der Waals surface area contributed by atoms with Crippen LogP contribution < -0.4 is 4.72 Å². The highest BCUT2D eigenvalue weighted by Crippen LogP contribution is 2.25. The van der Waals surface area contributed by atoms with Crippen LogP contribution in [0.1, 0.15) is 15.9 Å². The summed E-state index contributed by atoms with van der Waals surface area (Å²) in [4.78, 5) is 22.2. The van der Waals surface area contributed by atoms with Gasteiger partial charge in [-0.05, 0) is 60.2 Å². The third-order valence-corrected chi connectivity index (χ3v) is 5.60.